The summed E-state index contributed by atoms with van der Waals surface area (Å²) in [5.41, 5.74) is 1.46. The maximum absolute atomic E-state index is 12.3. The number of likely N-dealkylation sites (N-methyl/N-ethyl adjacent to an activating group) is 1. The second-order valence-electron chi connectivity index (χ2n) is 6.13. The number of ether oxygens (including phenoxy) is 1. The molecule has 0 unspecified atom stereocenters. The zero-order chi connectivity index (χ0) is 20.4. The van der Waals surface area contributed by atoms with Crippen molar-refractivity contribution in [3.63, 3.8) is 0 Å². The van der Waals surface area contributed by atoms with Gasteiger partial charge in [-0.05, 0) is 24.6 Å². The molecule has 0 aliphatic carbocycles. The molecular weight excluding hydrogens is 358 g/mol. The Labute approximate surface area is 164 Å². The van der Waals surface area contributed by atoms with Crippen molar-refractivity contribution < 1.29 is 19.1 Å². The van der Waals surface area contributed by atoms with Crippen molar-refractivity contribution in [2.75, 3.05) is 32.1 Å². The summed E-state index contributed by atoms with van der Waals surface area (Å²) in [5, 5.41) is 5.34. The average Bonchev–Trinajstić information content (AvgIpc) is 2.71. The average molecular weight is 383 g/mol. The number of anilines is 1. The predicted molar refractivity (Wildman–Crippen MR) is 107 cm³/mol. The van der Waals surface area contributed by atoms with E-state index in [1.165, 1.54) is 4.90 Å². The van der Waals surface area contributed by atoms with Crippen LogP contribution in [0.3, 0.4) is 0 Å². The van der Waals surface area contributed by atoms with Crippen LogP contribution in [0.15, 0.2) is 54.6 Å². The monoisotopic (exact) mass is 383 g/mol. The van der Waals surface area contributed by atoms with Crippen LogP contribution in [0.5, 0.6) is 5.75 Å². The Morgan fingerprint density at radius 3 is 2.43 bits per heavy atom. The van der Waals surface area contributed by atoms with Crippen molar-refractivity contribution in [1.82, 2.24) is 10.2 Å². The molecule has 3 amide bonds. The van der Waals surface area contributed by atoms with E-state index in [1.807, 2.05) is 30.3 Å². The van der Waals surface area contributed by atoms with Gasteiger partial charge < -0.3 is 20.3 Å². The molecule has 2 N–H and O–H groups in total. The van der Waals surface area contributed by atoms with Crippen molar-refractivity contribution in [2.45, 2.75) is 13.3 Å². The van der Waals surface area contributed by atoms with Crippen LogP contribution in [0, 0.1) is 0 Å². The number of methoxy groups -OCH3 is 1. The smallest absolute Gasteiger partial charge is 0.243 e. The third kappa shape index (κ3) is 6.75. The van der Waals surface area contributed by atoms with Gasteiger partial charge in [0.2, 0.25) is 17.7 Å². The highest BCUT2D eigenvalue weighted by molar-refractivity contribution is 5.95. The van der Waals surface area contributed by atoms with Crippen LogP contribution < -0.4 is 15.4 Å². The van der Waals surface area contributed by atoms with Crippen molar-refractivity contribution in [3.8, 4) is 5.75 Å². The summed E-state index contributed by atoms with van der Waals surface area (Å²) in [6.07, 6.45) is 0.205. The van der Waals surface area contributed by atoms with Gasteiger partial charge in [-0.15, -0.1) is 0 Å². The normalized spacial score (nSPS) is 10.1. The molecule has 7 nitrogen and oxygen atoms in total. The van der Waals surface area contributed by atoms with Crippen LogP contribution in [0.25, 0.3) is 0 Å². The number of nitrogens with one attached hydrogen (secondary N) is 2. The first-order valence-electron chi connectivity index (χ1n) is 9.04. The Kier molecular flexibility index (Phi) is 8.02. The second-order valence-corrected chi connectivity index (χ2v) is 6.13. The number of nitrogens with zero attached hydrogens (tertiary/aromatic N) is 1. The lowest BCUT2D eigenvalue weighted by Gasteiger charge is -2.20. The van der Waals surface area contributed by atoms with Gasteiger partial charge in [0.15, 0.2) is 0 Å². The molecule has 0 atom stereocenters. The third-order valence-corrected chi connectivity index (χ3v) is 4.07. The van der Waals surface area contributed by atoms with Crippen molar-refractivity contribution in [3.05, 3.63) is 60.2 Å². The summed E-state index contributed by atoms with van der Waals surface area (Å²) in [4.78, 5) is 37.9. The molecule has 148 valence electrons. The van der Waals surface area contributed by atoms with Crippen LogP contribution >= 0.6 is 0 Å². The molecule has 0 aromatic heterocycles. The van der Waals surface area contributed by atoms with Crippen molar-refractivity contribution in [1.29, 1.82) is 0 Å². The van der Waals surface area contributed by atoms with E-state index < -0.39 is 0 Å². The van der Waals surface area contributed by atoms with E-state index in [9.17, 15) is 14.4 Å². The summed E-state index contributed by atoms with van der Waals surface area (Å²) >= 11 is 0. The highest BCUT2D eigenvalue weighted by Gasteiger charge is 2.16. The SMILES string of the molecule is CCN(CC(=O)Nc1cccc(OC)c1)C(=O)CNC(=O)Cc1ccccc1. The Morgan fingerprint density at radius 2 is 1.75 bits per heavy atom. The molecule has 7 heteroatoms. The molecule has 0 saturated heterocycles. The summed E-state index contributed by atoms with van der Waals surface area (Å²) in [5.74, 6) is -0.248. The zero-order valence-electron chi connectivity index (χ0n) is 16.1. The molecule has 0 aliphatic rings. The van der Waals surface area contributed by atoms with Gasteiger partial charge in [0.25, 0.3) is 0 Å². The Bertz CT molecular complexity index is 808. The Hall–Kier alpha value is -3.35. The minimum absolute atomic E-state index is 0.0961. The topological polar surface area (TPSA) is 87.7 Å². The van der Waals surface area contributed by atoms with E-state index in [1.54, 1.807) is 38.3 Å². The fourth-order valence-electron chi connectivity index (χ4n) is 2.58. The quantitative estimate of drug-likeness (QED) is 0.692. The Balaban J connectivity index is 1.81. The third-order valence-electron chi connectivity index (χ3n) is 4.07. The predicted octanol–water partition coefficient (Wildman–Crippen LogP) is 1.84. The minimum Gasteiger partial charge on any atom is -0.497 e. The van der Waals surface area contributed by atoms with Gasteiger partial charge in [0, 0.05) is 18.3 Å². The molecule has 0 bridgehead atoms. The molecule has 2 aromatic rings. The van der Waals surface area contributed by atoms with Gasteiger partial charge in [0.05, 0.1) is 26.6 Å². The van der Waals surface area contributed by atoms with Gasteiger partial charge in [0.1, 0.15) is 5.75 Å². The molecule has 0 spiro atoms. The highest BCUT2D eigenvalue weighted by Crippen LogP contribution is 2.16. The van der Waals surface area contributed by atoms with Gasteiger partial charge >= 0.3 is 0 Å². The maximum Gasteiger partial charge on any atom is 0.243 e. The van der Waals surface area contributed by atoms with E-state index in [-0.39, 0.29) is 37.2 Å². The van der Waals surface area contributed by atoms with E-state index in [0.29, 0.717) is 18.0 Å². The number of hydrogen-bond acceptors (Lipinski definition) is 4. The number of hydrogen-bond donors (Lipinski definition) is 2. The van der Waals surface area contributed by atoms with E-state index >= 15 is 0 Å². The Morgan fingerprint density at radius 1 is 1.00 bits per heavy atom. The van der Waals surface area contributed by atoms with Crippen molar-refractivity contribution in [2.24, 2.45) is 0 Å². The molecule has 0 fully saturated rings. The first kappa shape index (κ1) is 21.0. The lowest BCUT2D eigenvalue weighted by Crippen LogP contribution is -2.43. The summed E-state index contributed by atoms with van der Waals surface area (Å²) < 4.78 is 5.12. The standard InChI is InChI=1S/C21H25N3O4/c1-3-24(15-20(26)23-17-10-7-11-18(13-17)28-2)21(27)14-22-19(25)12-16-8-5-4-6-9-16/h4-11,13H,3,12,14-15H2,1-2H3,(H,22,25)(H,23,26). The second kappa shape index (κ2) is 10.7. The lowest BCUT2D eigenvalue weighted by atomic mass is 10.1. The number of rotatable bonds is 9. The maximum atomic E-state index is 12.3. The molecule has 0 radical (unpaired) electrons. The molecule has 28 heavy (non-hydrogen) atoms. The van der Waals surface area contributed by atoms with Crippen LogP contribution in [0.2, 0.25) is 0 Å². The summed E-state index contributed by atoms with van der Waals surface area (Å²) in [6, 6.07) is 16.3. The molecule has 2 rings (SSSR count). The van der Waals surface area contributed by atoms with Crippen LogP contribution in [0.4, 0.5) is 5.69 Å². The minimum atomic E-state index is -0.320. The number of carbonyl (C=O) groups is 3. The number of amides is 3. The van der Waals surface area contributed by atoms with E-state index in [0.717, 1.165) is 5.56 Å². The molecule has 0 saturated carbocycles. The fourth-order valence-corrected chi connectivity index (χ4v) is 2.58. The molecule has 0 heterocycles. The zero-order valence-corrected chi connectivity index (χ0v) is 16.1. The highest BCUT2D eigenvalue weighted by atomic mass is 16.5. The van der Waals surface area contributed by atoms with Crippen LogP contribution in [-0.4, -0.2) is 49.4 Å². The first-order chi connectivity index (χ1) is 13.5. The van der Waals surface area contributed by atoms with E-state index in [2.05, 4.69) is 10.6 Å². The van der Waals surface area contributed by atoms with E-state index in [4.69, 9.17) is 4.74 Å². The fraction of sp³-hybridized carbons (Fsp3) is 0.286. The van der Waals surface area contributed by atoms with Gasteiger partial charge in [-0.2, -0.15) is 0 Å². The molecule has 0 aliphatic heterocycles. The molecular formula is C21H25N3O4. The number of benzene rings is 2. The molecule has 2 aromatic carbocycles. The first-order valence-corrected chi connectivity index (χ1v) is 9.04. The van der Waals surface area contributed by atoms with Gasteiger partial charge in [-0.1, -0.05) is 36.4 Å². The largest absolute Gasteiger partial charge is 0.497 e. The summed E-state index contributed by atoms with van der Waals surface area (Å²) in [6.45, 7) is 1.90. The van der Waals surface area contributed by atoms with Crippen LogP contribution in [0.1, 0.15) is 12.5 Å². The van der Waals surface area contributed by atoms with Gasteiger partial charge in [-0.3, -0.25) is 14.4 Å². The lowest BCUT2D eigenvalue weighted by molar-refractivity contribution is -0.135. The van der Waals surface area contributed by atoms with Gasteiger partial charge in [-0.25, -0.2) is 0 Å². The van der Waals surface area contributed by atoms with Crippen LogP contribution in [-0.2, 0) is 20.8 Å². The van der Waals surface area contributed by atoms with Crippen molar-refractivity contribution >= 4 is 23.4 Å². The summed E-state index contributed by atoms with van der Waals surface area (Å²) in [7, 11) is 1.55. The number of carbonyl (C=O) groups excluding carboxylic acids is 3.